The second-order valence-corrected chi connectivity index (χ2v) is 3.58. The summed E-state index contributed by atoms with van der Waals surface area (Å²) in [5.74, 6) is -0.129. The Kier molecular flexibility index (Phi) is 5.05. The second kappa shape index (κ2) is 6.36. The smallest absolute Gasteiger partial charge is 0.127 e. The maximum atomic E-state index is 13.5. The summed E-state index contributed by atoms with van der Waals surface area (Å²) < 4.78 is 13.5. The van der Waals surface area contributed by atoms with Gasteiger partial charge in [0.1, 0.15) is 5.82 Å². The Balaban J connectivity index is 2.65. The Morgan fingerprint density at radius 2 is 2.20 bits per heavy atom. The molecule has 1 nitrogen and oxygen atoms in total. The molecule has 0 aliphatic rings. The van der Waals surface area contributed by atoms with E-state index in [4.69, 9.17) is 0 Å². The van der Waals surface area contributed by atoms with E-state index in [0.29, 0.717) is 0 Å². The quantitative estimate of drug-likeness (QED) is 0.556. The van der Waals surface area contributed by atoms with E-state index in [0.717, 1.165) is 24.8 Å². The molecule has 0 radical (unpaired) electrons. The van der Waals surface area contributed by atoms with Gasteiger partial charge in [-0.1, -0.05) is 24.3 Å². The maximum absolute atomic E-state index is 13.5. The molecule has 0 amide bonds. The molecule has 0 aliphatic carbocycles. The highest BCUT2D eigenvalue weighted by atomic mass is 19.1. The van der Waals surface area contributed by atoms with Gasteiger partial charge in [0.25, 0.3) is 0 Å². The van der Waals surface area contributed by atoms with Crippen LogP contribution in [-0.2, 0) is 0 Å². The topological polar surface area (TPSA) is 12.0 Å². The zero-order valence-corrected chi connectivity index (χ0v) is 9.17. The van der Waals surface area contributed by atoms with Crippen LogP contribution in [-0.4, -0.2) is 7.05 Å². The van der Waals surface area contributed by atoms with Crippen LogP contribution in [0.3, 0.4) is 0 Å². The van der Waals surface area contributed by atoms with Gasteiger partial charge in [0.2, 0.25) is 0 Å². The van der Waals surface area contributed by atoms with E-state index in [1.54, 1.807) is 6.07 Å². The number of halogens is 1. The van der Waals surface area contributed by atoms with Gasteiger partial charge in [0.15, 0.2) is 0 Å². The van der Waals surface area contributed by atoms with Crippen LogP contribution >= 0.6 is 0 Å². The van der Waals surface area contributed by atoms with Crippen LogP contribution in [0.5, 0.6) is 0 Å². The highest BCUT2D eigenvalue weighted by molar-refractivity contribution is 5.21. The molecule has 0 saturated carbocycles. The molecule has 1 atom stereocenters. The lowest BCUT2D eigenvalue weighted by Crippen LogP contribution is -2.17. The minimum absolute atomic E-state index is 0.103. The van der Waals surface area contributed by atoms with Crippen LogP contribution in [0.2, 0.25) is 0 Å². The lowest BCUT2D eigenvalue weighted by atomic mass is 10.0. The van der Waals surface area contributed by atoms with Crippen molar-refractivity contribution in [3.05, 3.63) is 48.3 Å². The first-order valence-corrected chi connectivity index (χ1v) is 5.32. The molecule has 0 aliphatic heterocycles. The van der Waals surface area contributed by atoms with Crippen LogP contribution in [0.1, 0.15) is 30.9 Å². The van der Waals surface area contributed by atoms with Crippen molar-refractivity contribution in [2.75, 3.05) is 7.05 Å². The van der Waals surface area contributed by atoms with Gasteiger partial charge in [0.05, 0.1) is 0 Å². The van der Waals surface area contributed by atoms with Crippen molar-refractivity contribution in [2.24, 2.45) is 0 Å². The lowest BCUT2D eigenvalue weighted by Gasteiger charge is -2.16. The summed E-state index contributed by atoms with van der Waals surface area (Å²) in [5.41, 5.74) is 0.754. The Labute approximate surface area is 91.0 Å². The largest absolute Gasteiger partial charge is 0.313 e. The molecule has 1 unspecified atom stereocenters. The number of hydrogen-bond donors (Lipinski definition) is 1. The third kappa shape index (κ3) is 3.48. The summed E-state index contributed by atoms with van der Waals surface area (Å²) in [6.45, 7) is 3.68. The molecular weight excluding hydrogens is 189 g/mol. The van der Waals surface area contributed by atoms with Gasteiger partial charge >= 0.3 is 0 Å². The van der Waals surface area contributed by atoms with E-state index in [2.05, 4.69) is 11.9 Å². The van der Waals surface area contributed by atoms with Gasteiger partial charge in [-0.25, -0.2) is 4.39 Å². The van der Waals surface area contributed by atoms with Gasteiger partial charge in [-0.3, -0.25) is 0 Å². The van der Waals surface area contributed by atoms with E-state index < -0.39 is 0 Å². The monoisotopic (exact) mass is 207 g/mol. The first-order valence-electron chi connectivity index (χ1n) is 5.32. The molecular formula is C13H18FN. The van der Waals surface area contributed by atoms with Crippen molar-refractivity contribution in [3.63, 3.8) is 0 Å². The standard InChI is InChI=1S/C13H18FN/c1-3-4-5-10-13(15-2)11-8-6-7-9-12(11)14/h3,6-9,13,15H,1,4-5,10H2,2H3. The molecule has 1 N–H and O–H groups in total. The van der Waals surface area contributed by atoms with Crippen LogP contribution in [0.15, 0.2) is 36.9 Å². The number of rotatable bonds is 6. The molecule has 0 fully saturated rings. The maximum Gasteiger partial charge on any atom is 0.127 e. The molecule has 0 saturated heterocycles. The average molecular weight is 207 g/mol. The fourth-order valence-electron chi connectivity index (χ4n) is 1.68. The van der Waals surface area contributed by atoms with Gasteiger partial charge in [0, 0.05) is 11.6 Å². The first-order chi connectivity index (χ1) is 7.29. The van der Waals surface area contributed by atoms with Crippen LogP contribution < -0.4 is 5.32 Å². The van der Waals surface area contributed by atoms with Crippen LogP contribution in [0.4, 0.5) is 4.39 Å². The van der Waals surface area contributed by atoms with Crippen molar-refractivity contribution >= 4 is 0 Å². The van der Waals surface area contributed by atoms with E-state index in [1.165, 1.54) is 6.07 Å². The average Bonchev–Trinajstić information content (AvgIpc) is 2.26. The summed E-state index contributed by atoms with van der Waals surface area (Å²) in [5, 5.41) is 3.14. The van der Waals surface area contributed by atoms with Crippen molar-refractivity contribution in [1.29, 1.82) is 0 Å². The normalized spacial score (nSPS) is 12.4. The van der Waals surface area contributed by atoms with Crippen molar-refractivity contribution in [2.45, 2.75) is 25.3 Å². The Morgan fingerprint density at radius 1 is 1.47 bits per heavy atom. The summed E-state index contributed by atoms with van der Waals surface area (Å²) in [6, 6.07) is 7.04. The molecule has 1 aromatic rings. The lowest BCUT2D eigenvalue weighted by molar-refractivity contribution is 0.496. The summed E-state index contributed by atoms with van der Waals surface area (Å²) in [4.78, 5) is 0. The third-order valence-electron chi connectivity index (χ3n) is 2.53. The van der Waals surface area contributed by atoms with Crippen molar-refractivity contribution in [1.82, 2.24) is 5.32 Å². The number of nitrogens with one attached hydrogen (secondary N) is 1. The van der Waals surface area contributed by atoms with Gasteiger partial charge in [-0.05, 0) is 32.4 Å². The molecule has 1 rings (SSSR count). The summed E-state index contributed by atoms with van der Waals surface area (Å²) in [6.07, 6.45) is 4.84. The molecule has 0 bridgehead atoms. The molecule has 0 spiro atoms. The SMILES string of the molecule is C=CCCCC(NC)c1ccccc1F. The number of allylic oxidation sites excluding steroid dienone is 1. The van der Waals surface area contributed by atoms with Crippen LogP contribution in [0, 0.1) is 5.82 Å². The first kappa shape index (κ1) is 11.9. The van der Waals surface area contributed by atoms with Crippen molar-refractivity contribution < 1.29 is 4.39 Å². The minimum atomic E-state index is -0.129. The Bertz CT molecular complexity index is 309. The predicted octanol–water partition coefficient (Wildman–Crippen LogP) is 3.44. The molecule has 0 heterocycles. The fourth-order valence-corrected chi connectivity index (χ4v) is 1.68. The summed E-state index contributed by atoms with van der Waals surface area (Å²) in [7, 11) is 1.87. The Hall–Kier alpha value is -1.15. The second-order valence-electron chi connectivity index (χ2n) is 3.58. The molecule has 1 aromatic carbocycles. The number of hydrogen-bond acceptors (Lipinski definition) is 1. The highest BCUT2D eigenvalue weighted by Gasteiger charge is 2.12. The molecule has 82 valence electrons. The number of benzene rings is 1. The molecule has 15 heavy (non-hydrogen) atoms. The number of unbranched alkanes of at least 4 members (excludes halogenated alkanes) is 1. The highest BCUT2D eigenvalue weighted by Crippen LogP contribution is 2.21. The van der Waals surface area contributed by atoms with E-state index in [9.17, 15) is 4.39 Å². The van der Waals surface area contributed by atoms with E-state index in [-0.39, 0.29) is 11.9 Å². The van der Waals surface area contributed by atoms with Crippen molar-refractivity contribution in [3.8, 4) is 0 Å². The predicted molar refractivity (Wildman–Crippen MR) is 62.2 cm³/mol. The van der Waals surface area contributed by atoms with Gasteiger partial charge in [-0.2, -0.15) is 0 Å². The third-order valence-corrected chi connectivity index (χ3v) is 2.53. The summed E-state index contributed by atoms with van der Waals surface area (Å²) >= 11 is 0. The van der Waals surface area contributed by atoms with Crippen LogP contribution in [0.25, 0.3) is 0 Å². The van der Waals surface area contributed by atoms with Gasteiger partial charge < -0.3 is 5.32 Å². The minimum Gasteiger partial charge on any atom is -0.313 e. The van der Waals surface area contributed by atoms with E-state index >= 15 is 0 Å². The fraction of sp³-hybridized carbons (Fsp3) is 0.385. The zero-order chi connectivity index (χ0) is 11.1. The van der Waals surface area contributed by atoms with Gasteiger partial charge in [-0.15, -0.1) is 6.58 Å². The Morgan fingerprint density at radius 3 is 2.80 bits per heavy atom. The van der Waals surface area contributed by atoms with E-state index in [1.807, 2.05) is 25.3 Å². The zero-order valence-electron chi connectivity index (χ0n) is 9.17. The molecule has 0 aromatic heterocycles. The molecule has 2 heteroatoms.